The van der Waals surface area contributed by atoms with Gasteiger partial charge in [0.2, 0.25) is 0 Å². The lowest BCUT2D eigenvalue weighted by Crippen LogP contribution is -2.39. The second kappa shape index (κ2) is 6.89. The molecule has 0 amide bonds. The van der Waals surface area contributed by atoms with Crippen LogP contribution in [0.2, 0.25) is 0 Å². The third-order valence-electron chi connectivity index (χ3n) is 3.81. The van der Waals surface area contributed by atoms with Gasteiger partial charge in [-0.2, -0.15) is 0 Å². The van der Waals surface area contributed by atoms with E-state index in [1.165, 1.54) is 12.8 Å². The molecule has 116 valence electrons. The predicted octanol–water partition coefficient (Wildman–Crippen LogP) is 3.12. The lowest BCUT2D eigenvalue weighted by Gasteiger charge is -2.29. The quantitative estimate of drug-likeness (QED) is 0.646. The molecule has 1 saturated heterocycles. The zero-order chi connectivity index (χ0) is 15.4. The molecule has 1 aliphatic rings. The Morgan fingerprint density at radius 1 is 1.43 bits per heavy atom. The van der Waals surface area contributed by atoms with Crippen molar-refractivity contribution in [2.24, 2.45) is 5.92 Å². The molecule has 1 aromatic rings. The van der Waals surface area contributed by atoms with E-state index in [2.05, 4.69) is 24.1 Å². The Balaban J connectivity index is 2.23. The van der Waals surface area contributed by atoms with Crippen molar-refractivity contribution >= 4 is 11.4 Å². The minimum atomic E-state index is -0.308. The van der Waals surface area contributed by atoms with E-state index >= 15 is 0 Å². The number of nitrogens with zero attached hydrogens (tertiary/aromatic N) is 2. The molecule has 5 heteroatoms. The monoisotopic (exact) mass is 291 g/mol. The first kappa shape index (κ1) is 15.8. The Morgan fingerprint density at radius 3 is 2.76 bits per heavy atom. The summed E-state index contributed by atoms with van der Waals surface area (Å²) in [6.45, 7) is 9.18. The topological polar surface area (TPSA) is 58.4 Å². The van der Waals surface area contributed by atoms with Gasteiger partial charge in [-0.25, -0.2) is 0 Å². The molecule has 2 rings (SSSR count). The summed E-state index contributed by atoms with van der Waals surface area (Å²) in [5.74, 6) is 0.519. The number of non-ortho nitro benzene ring substituents is 1. The first-order valence-corrected chi connectivity index (χ1v) is 7.70. The van der Waals surface area contributed by atoms with Crippen molar-refractivity contribution in [3.05, 3.63) is 33.9 Å². The number of nitro groups is 1. The maximum absolute atomic E-state index is 11.1. The molecule has 5 nitrogen and oxygen atoms in total. The fourth-order valence-electron chi connectivity index (χ4n) is 2.94. The molecular formula is C16H25N3O2. The van der Waals surface area contributed by atoms with Crippen LogP contribution in [0.1, 0.15) is 32.3 Å². The summed E-state index contributed by atoms with van der Waals surface area (Å²) in [7, 11) is 0. The van der Waals surface area contributed by atoms with Crippen molar-refractivity contribution in [3.63, 3.8) is 0 Å². The van der Waals surface area contributed by atoms with Crippen LogP contribution in [0.15, 0.2) is 18.2 Å². The van der Waals surface area contributed by atoms with E-state index in [9.17, 15) is 10.1 Å². The van der Waals surface area contributed by atoms with E-state index in [1.54, 1.807) is 12.1 Å². The van der Waals surface area contributed by atoms with Crippen LogP contribution in [-0.2, 0) is 0 Å². The van der Waals surface area contributed by atoms with E-state index in [1.807, 2.05) is 13.0 Å². The first-order valence-electron chi connectivity index (χ1n) is 7.70. The molecule has 1 N–H and O–H groups in total. The first-order chi connectivity index (χ1) is 9.95. The van der Waals surface area contributed by atoms with Gasteiger partial charge in [-0.05, 0) is 43.9 Å². The van der Waals surface area contributed by atoms with Crippen LogP contribution in [0.4, 0.5) is 11.4 Å². The number of benzene rings is 1. The molecule has 1 aromatic carbocycles. The Kier molecular flexibility index (Phi) is 5.17. The van der Waals surface area contributed by atoms with Gasteiger partial charge in [-0.3, -0.25) is 10.1 Å². The van der Waals surface area contributed by atoms with E-state index in [-0.39, 0.29) is 10.6 Å². The highest BCUT2D eigenvalue weighted by Gasteiger charge is 2.20. The second-order valence-corrected chi connectivity index (χ2v) is 6.38. The number of hydrogen-bond donors (Lipinski definition) is 1. The number of nitrogens with one attached hydrogen (secondary N) is 1. The van der Waals surface area contributed by atoms with Gasteiger partial charge in [0.15, 0.2) is 0 Å². The van der Waals surface area contributed by atoms with Crippen molar-refractivity contribution in [2.45, 2.75) is 39.7 Å². The average Bonchev–Trinajstić information content (AvgIpc) is 2.89. The van der Waals surface area contributed by atoms with Gasteiger partial charge in [-0.15, -0.1) is 0 Å². The summed E-state index contributed by atoms with van der Waals surface area (Å²) < 4.78 is 0. The van der Waals surface area contributed by atoms with Gasteiger partial charge < -0.3 is 10.2 Å². The Labute approximate surface area is 126 Å². The summed E-state index contributed by atoms with van der Waals surface area (Å²) in [5, 5.41) is 14.6. The van der Waals surface area contributed by atoms with Crippen LogP contribution in [0.25, 0.3) is 0 Å². The van der Waals surface area contributed by atoms with Crippen molar-refractivity contribution in [1.82, 2.24) is 5.32 Å². The smallest absolute Gasteiger partial charge is 0.271 e. The summed E-state index contributed by atoms with van der Waals surface area (Å²) in [6.07, 6.45) is 2.40. The van der Waals surface area contributed by atoms with Crippen molar-refractivity contribution in [3.8, 4) is 0 Å². The SMILES string of the molecule is Cc1cc(N(CC(C)C)CC2CCCN2)cc([N+](=O)[O-])c1. The maximum atomic E-state index is 11.1. The van der Waals surface area contributed by atoms with Gasteiger partial charge >= 0.3 is 0 Å². The molecule has 0 saturated carbocycles. The third kappa shape index (κ3) is 4.43. The number of hydrogen-bond acceptors (Lipinski definition) is 4. The van der Waals surface area contributed by atoms with Gasteiger partial charge in [0.25, 0.3) is 5.69 Å². The Bertz CT molecular complexity index is 496. The summed E-state index contributed by atoms with van der Waals surface area (Å²) in [6, 6.07) is 5.86. The van der Waals surface area contributed by atoms with Gasteiger partial charge in [0.05, 0.1) is 4.92 Å². The Hall–Kier alpha value is -1.62. The average molecular weight is 291 g/mol. The lowest BCUT2D eigenvalue weighted by molar-refractivity contribution is -0.384. The predicted molar refractivity (Wildman–Crippen MR) is 85.9 cm³/mol. The molecule has 1 atom stereocenters. The number of rotatable bonds is 6. The molecule has 0 bridgehead atoms. The molecule has 21 heavy (non-hydrogen) atoms. The largest absolute Gasteiger partial charge is 0.370 e. The van der Waals surface area contributed by atoms with E-state index in [0.717, 1.165) is 30.9 Å². The molecule has 0 aromatic heterocycles. The summed E-state index contributed by atoms with van der Waals surface area (Å²) >= 11 is 0. The van der Waals surface area contributed by atoms with Crippen LogP contribution in [-0.4, -0.2) is 30.6 Å². The van der Waals surface area contributed by atoms with Crippen LogP contribution < -0.4 is 10.2 Å². The van der Waals surface area contributed by atoms with Crippen LogP contribution in [0.3, 0.4) is 0 Å². The van der Waals surface area contributed by atoms with E-state index in [4.69, 9.17) is 0 Å². The minimum Gasteiger partial charge on any atom is -0.370 e. The molecule has 1 heterocycles. The molecular weight excluding hydrogens is 266 g/mol. The number of aryl methyl sites for hydroxylation is 1. The van der Waals surface area contributed by atoms with Crippen molar-refractivity contribution < 1.29 is 4.92 Å². The maximum Gasteiger partial charge on any atom is 0.271 e. The fourth-order valence-corrected chi connectivity index (χ4v) is 2.94. The molecule has 0 spiro atoms. The number of nitro benzene ring substituents is 1. The standard InChI is InChI=1S/C16H25N3O2/c1-12(2)10-18(11-14-5-4-6-17-14)15-7-13(3)8-16(9-15)19(20)21/h7-9,12,14,17H,4-6,10-11H2,1-3H3. The fraction of sp³-hybridized carbons (Fsp3) is 0.625. The van der Waals surface area contributed by atoms with Crippen LogP contribution in [0.5, 0.6) is 0 Å². The van der Waals surface area contributed by atoms with Crippen LogP contribution >= 0.6 is 0 Å². The van der Waals surface area contributed by atoms with Gasteiger partial charge in [0.1, 0.15) is 0 Å². The highest BCUT2D eigenvalue weighted by atomic mass is 16.6. The zero-order valence-corrected chi connectivity index (χ0v) is 13.1. The molecule has 0 radical (unpaired) electrons. The second-order valence-electron chi connectivity index (χ2n) is 6.38. The Morgan fingerprint density at radius 2 is 2.19 bits per heavy atom. The van der Waals surface area contributed by atoms with Gasteiger partial charge in [-0.1, -0.05) is 13.8 Å². The van der Waals surface area contributed by atoms with Gasteiger partial charge in [0, 0.05) is 37.0 Å². The van der Waals surface area contributed by atoms with Crippen molar-refractivity contribution in [2.75, 3.05) is 24.5 Å². The summed E-state index contributed by atoms with van der Waals surface area (Å²) in [5.41, 5.74) is 2.08. The molecule has 0 aliphatic carbocycles. The molecule has 1 aliphatic heterocycles. The normalized spacial score (nSPS) is 18.2. The van der Waals surface area contributed by atoms with E-state index in [0.29, 0.717) is 12.0 Å². The summed E-state index contributed by atoms with van der Waals surface area (Å²) in [4.78, 5) is 13.0. The number of anilines is 1. The minimum absolute atomic E-state index is 0.179. The molecule has 1 unspecified atom stereocenters. The zero-order valence-electron chi connectivity index (χ0n) is 13.1. The highest BCUT2D eigenvalue weighted by Crippen LogP contribution is 2.25. The van der Waals surface area contributed by atoms with Crippen molar-refractivity contribution in [1.29, 1.82) is 0 Å². The van der Waals surface area contributed by atoms with Crippen LogP contribution in [0, 0.1) is 23.0 Å². The molecule has 1 fully saturated rings. The highest BCUT2D eigenvalue weighted by molar-refractivity contribution is 5.56. The third-order valence-corrected chi connectivity index (χ3v) is 3.81. The van der Waals surface area contributed by atoms with E-state index < -0.39 is 0 Å². The lowest BCUT2D eigenvalue weighted by atomic mass is 10.1.